The highest BCUT2D eigenvalue weighted by molar-refractivity contribution is 6.34. The molecule has 3 fully saturated rings. The minimum Gasteiger partial charge on any atom is -0.497 e. The lowest BCUT2D eigenvalue weighted by Gasteiger charge is -2.31. The Balaban J connectivity index is 1.26. The number of anilines is 2. The van der Waals surface area contributed by atoms with Crippen molar-refractivity contribution < 1.29 is 41.3 Å². The molecule has 12 nitrogen and oxygen atoms in total. The first-order valence-corrected chi connectivity index (χ1v) is 23.0. The van der Waals surface area contributed by atoms with Crippen LogP contribution in [0.5, 0.6) is 17.5 Å². The summed E-state index contributed by atoms with van der Waals surface area (Å²) in [5, 5.41) is -0.110. The van der Waals surface area contributed by atoms with E-state index in [0.717, 1.165) is 36.9 Å². The molecular formula is C50H58ClF4N7O5. The van der Waals surface area contributed by atoms with Crippen molar-refractivity contribution in [3.05, 3.63) is 93.8 Å². The van der Waals surface area contributed by atoms with Gasteiger partial charge in [-0.25, -0.2) is 14.2 Å². The van der Waals surface area contributed by atoms with Gasteiger partial charge in [0.2, 0.25) is 0 Å². The molecule has 1 aliphatic carbocycles. The Bertz CT molecular complexity index is 2560. The number of alkyl halides is 3. The number of carbonyl (C=O) groups excluding carboxylic acids is 1. The fourth-order valence-electron chi connectivity index (χ4n) is 9.45. The number of amides is 1. The SMILES string of the molecule is COc1ccc(CN(Cc2ccc(OC)cc2)c2cc(C)c(C(F)(F)F)c(-c3c(Cl)cc4c(N5CC[C@H]6CC[C@@H](C5)N6C(=O)OC(C)(C)C)nc(OCC5(CN(C)C)CC5)nc4c3F)n2)cc1. The summed E-state index contributed by atoms with van der Waals surface area (Å²) in [5.74, 6) is 0.665. The zero-order valence-electron chi connectivity index (χ0n) is 39.3. The lowest BCUT2D eigenvalue weighted by molar-refractivity contribution is -0.137. The average Bonchev–Trinajstić information content (AvgIpc) is 3.94. The molecule has 1 saturated carbocycles. The summed E-state index contributed by atoms with van der Waals surface area (Å²) in [5.41, 5.74) is -1.96. The van der Waals surface area contributed by atoms with Crippen molar-refractivity contribution in [1.82, 2.24) is 24.8 Å². The van der Waals surface area contributed by atoms with Gasteiger partial charge in [-0.05, 0) is 127 Å². The number of pyridine rings is 1. The van der Waals surface area contributed by atoms with Gasteiger partial charge in [0.1, 0.15) is 34.3 Å². The molecule has 358 valence electrons. The molecule has 5 aromatic rings. The standard InChI is InChI=1S/C50H58ClF4N7O5/c1-30-23-39(61(25-31-9-15-35(64-7)16-10-31)26-32-11-17-36(65-8)18-12-32)56-44(41(30)50(53,54)55)40-38(51)24-37-43(42(40)52)57-46(66-29-49(20-21-49)28-59(5)6)58-45(37)60-22-19-33-13-14-34(27-60)62(33)47(63)67-48(2,3)4/h9-12,15-18,23-24,33-34H,13-14,19-22,25-29H2,1-8H3/t33-,34+/m1/s1. The van der Waals surface area contributed by atoms with Crippen molar-refractivity contribution in [1.29, 1.82) is 0 Å². The Labute approximate surface area is 394 Å². The Morgan fingerprint density at radius 3 is 2.04 bits per heavy atom. The number of rotatable bonds is 14. The molecule has 1 amide bonds. The van der Waals surface area contributed by atoms with Crippen LogP contribution in [-0.4, -0.2) is 103 Å². The zero-order chi connectivity index (χ0) is 48.0. The van der Waals surface area contributed by atoms with Gasteiger partial charge in [0, 0.05) is 49.6 Å². The van der Waals surface area contributed by atoms with Gasteiger partial charge in [-0.1, -0.05) is 35.9 Å². The summed E-state index contributed by atoms with van der Waals surface area (Å²) in [7, 11) is 7.09. The number of aromatic nitrogens is 3. The summed E-state index contributed by atoms with van der Waals surface area (Å²) in [6.45, 7) is 9.08. The van der Waals surface area contributed by atoms with Gasteiger partial charge >= 0.3 is 18.3 Å². The normalized spacial score (nSPS) is 18.0. The van der Waals surface area contributed by atoms with Crippen molar-refractivity contribution in [2.45, 2.75) is 96.7 Å². The van der Waals surface area contributed by atoms with Crippen LogP contribution in [0.1, 0.15) is 75.1 Å². The van der Waals surface area contributed by atoms with Crippen LogP contribution in [0.25, 0.3) is 22.2 Å². The van der Waals surface area contributed by atoms with E-state index in [2.05, 4.69) is 14.9 Å². The summed E-state index contributed by atoms with van der Waals surface area (Å²) in [6.07, 6.45) is -1.41. The Hall–Kier alpha value is -5.61. The lowest BCUT2D eigenvalue weighted by atomic mass is 9.98. The molecule has 2 aliphatic heterocycles. The summed E-state index contributed by atoms with van der Waals surface area (Å²) >= 11 is 7.05. The Morgan fingerprint density at radius 2 is 1.49 bits per heavy atom. The van der Waals surface area contributed by atoms with Gasteiger partial charge in [-0.3, -0.25) is 0 Å². The molecule has 2 aromatic heterocycles. The molecule has 0 N–H and O–H groups in total. The second-order valence-corrected chi connectivity index (χ2v) is 19.8. The first kappa shape index (κ1) is 47.9. The number of hydrogen-bond acceptors (Lipinski definition) is 11. The maximum atomic E-state index is 17.9. The second-order valence-electron chi connectivity index (χ2n) is 19.4. The minimum absolute atomic E-state index is 0.0854. The number of carbonyl (C=O) groups is 1. The van der Waals surface area contributed by atoms with Gasteiger partial charge in [0.05, 0.1) is 48.7 Å². The molecule has 17 heteroatoms. The summed E-state index contributed by atoms with van der Waals surface area (Å²) < 4.78 is 86.9. The van der Waals surface area contributed by atoms with E-state index < -0.39 is 40.5 Å². The number of benzene rings is 3. The first-order valence-electron chi connectivity index (χ1n) is 22.6. The fraction of sp³-hybridized carbons (Fsp3) is 0.480. The predicted molar refractivity (Wildman–Crippen MR) is 251 cm³/mol. The van der Waals surface area contributed by atoms with E-state index in [-0.39, 0.29) is 70.5 Å². The molecule has 8 rings (SSSR count). The van der Waals surface area contributed by atoms with Crippen LogP contribution in [0.3, 0.4) is 0 Å². The highest BCUT2D eigenvalue weighted by atomic mass is 35.5. The number of nitrogens with zero attached hydrogens (tertiary/aromatic N) is 7. The van der Waals surface area contributed by atoms with E-state index in [1.54, 1.807) is 38.5 Å². The number of halogens is 5. The maximum absolute atomic E-state index is 17.9. The highest BCUT2D eigenvalue weighted by Gasteiger charge is 2.45. The van der Waals surface area contributed by atoms with Crippen LogP contribution in [0.15, 0.2) is 60.7 Å². The molecule has 0 radical (unpaired) electrons. The molecule has 2 atom stereocenters. The highest BCUT2D eigenvalue weighted by Crippen LogP contribution is 2.48. The van der Waals surface area contributed by atoms with Crippen LogP contribution >= 0.6 is 11.6 Å². The number of ether oxygens (including phenoxy) is 4. The topological polar surface area (TPSA) is 106 Å². The van der Waals surface area contributed by atoms with Crippen LogP contribution in [-0.2, 0) is 24.0 Å². The number of fused-ring (bicyclic) bond motifs is 3. The van der Waals surface area contributed by atoms with E-state index >= 15 is 17.6 Å². The molecule has 0 unspecified atom stereocenters. The quantitative estimate of drug-likeness (QED) is 0.0994. The third kappa shape index (κ3) is 10.6. The van der Waals surface area contributed by atoms with Gasteiger partial charge in [-0.15, -0.1) is 0 Å². The average molecular weight is 949 g/mol. The van der Waals surface area contributed by atoms with Crippen molar-refractivity contribution in [2.75, 3.05) is 64.4 Å². The van der Waals surface area contributed by atoms with Gasteiger partial charge in [0.25, 0.3) is 0 Å². The van der Waals surface area contributed by atoms with Crippen LogP contribution in [0.4, 0.5) is 34.0 Å². The molecule has 3 aromatic carbocycles. The summed E-state index contributed by atoms with van der Waals surface area (Å²) in [6, 6.07) is 17.0. The summed E-state index contributed by atoms with van der Waals surface area (Å²) in [4.78, 5) is 35.4. The lowest BCUT2D eigenvalue weighted by Crippen LogP contribution is -2.45. The number of aryl methyl sites for hydroxylation is 1. The van der Waals surface area contributed by atoms with E-state index in [1.807, 2.05) is 73.8 Å². The van der Waals surface area contributed by atoms with Gasteiger partial charge in [-0.2, -0.15) is 23.1 Å². The van der Waals surface area contributed by atoms with Crippen molar-refractivity contribution in [3.63, 3.8) is 0 Å². The smallest absolute Gasteiger partial charge is 0.418 e. The van der Waals surface area contributed by atoms with E-state index in [4.69, 9.17) is 35.5 Å². The number of methoxy groups -OCH3 is 2. The fourth-order valence-corrected chi connectivity index (χ4v) is 9.73. The Kier molecular flexibility index (Phi) is 13.4. The zero-order valence-corrected chi connectivity index (χ0v) is 40.0. The molecule has 67 heavy (non-hydrogen) atoms. The molecule has 4 heterocycles. The van der Waals surface area contributed by atoms with E-state index in [0.29, 0.717) is 43.2 Å². The van der Waals surface area contributed by atoms with Crippen molar-refractivity contribution in [3.8, 4) is 28.8 Å². The Morgan fingerprint density at radius 1 is 0.881 bits per heavy atom. The van der Waals surface area contributed by atoms with E-state index in [1.165, 1.54) is 19.1 Å². The maximum Gasteiger partial charge on any atom is 0.418 e. The molecule has 3 aliphatic rings. The van der Waals surface area contributed by atoms with E-state index in [9.17, 15) is 4.79 Å². The van der Waals surface area contributed by atoms with Crippen LogP contribution < -0.4 is 24.0 Å². The monoisotopic (exact) mass is 947 g/mol. The van der Waals surface area contributed by atoms with Crippen molar-refractivity contribution >= 4 is 40.2 Å². The second kappa shape index (κ2) is 18.8. The molecule has 2 bridgehead atoms. The first-order chi connectivity index (χ1) is 31.7. The molecule has 2 saturated heterocycles. The van der Waals surface area contributed by atoms with Crippen LogP contribution in [0, 0.1) is 18.2 Å². The largest absolute Gasteiger partial charge is 0.497 e. The van der Waals surface area contributed by atoms with Crippen molar-refractivity contribution in [2.24, 2.45) is 5.41 Å². The third-order valence-corrected chi connectivity index (χ3v) is 13.1. The third-order valence-electron chi connectivity index (χ3n) is 12.8. The van der Waals surface area contributed by atoms with Gasteiger partial charge < -0.3 is 38.5 Å². The predicted octanol–water partition coefficient (Wildman–Crippen LogP) is 10.7. The minimum atomic E-state index is -4.95. The molecule has 0 spiro atoms. The molecular weight excluding hydrogens is 890 g/mol. The van der Waals surface area contributed by atoms with Gasteiger partial charge in [0.15, 0.2) is 5.82 Å². The number of hydrogen-bond donors (Lipinski definition) is 0. The van der Waals surface area contributed by atoms with Crippen LogP contribution in [0.2, 0.25) is 5.02 Å².